The maximum absolute atomic E-state index is 10.1. The van der Waals surface area contributed by atoms with Crippen molar-refractivity contribution in [3.8, 4) is 0 Å². The van der Waals surface area contributed by atoms with Crippen molar-refractivity contribution in [2.75, 3.05) is 13.2 Å². The van der Waals surface area contributed by atoms with Crippen LogP contribution in [0.3, 0.4) is 0 Å². The summed E-state index contributed by atoms with van der Waals surface area (Å²) in [5.41, 5.74) is 11.3. The fourth-order valence-electron chi connectivity index (χ4n) is 6.47. The van der Waals surface area contributed by atoms with Crippen molar-refractivity contribution in [1.29, 1.82) is 0 Å². The number of benzene rings is 4. The molecular formula is C47H46CoN2O4Pd-2. The van der Waals surface area contributed by atoms with E-state index in [0.29, 0.717) is 25.0 Å². The fourth-order valence-corrected chi connectivity index (χ4v) is 6.47. The molecule has 5 aromatic rings. The van der Waals surface area contributed by atoms with Gasteiger partial charge in [0.15, 0.2) is 0 Å². The van der Waals surface area contributed by atoms with Gasteiger partial charge >= 0.3 is 0 Å². The molecule has 8 heteroatoms. The summed E-state index contributed by atoms with van der Waals surface area (Å²) in [6, 6.07) is 51.9. The predicted octanol–water partition coefficient (Wildman–Crippen LogP) is 9.37. The minimum atomic E-state index is -0.475. The van der Waals surface area contributed by atoms with Crippen LogP contribution in [0.25, 0.3) is 22.3 Å². The molecule has 1 N–H and O–H groups in total. The van der Waals surface area contributed by atoms with Crippen LogP contribution in [-0.2, 0) is 51.5 Å². The van der Waals surface area contributed by atoms with Crippen molar-refractivity contribution in [1.82, 2.24) is 0 Å². The summed E-state index contributed by atoms with van der Waals surface area (Å²) in [4.78, 5) is 19.2. The Bertz CT molecular complexity index is 1870. The van der Waals surface area contributed by atoms with Gasteiger partial charge in [-0.1, -0.05) is 135 Å². The first-order chi connectivity index (χ1) is 25.8. The molecule has 0 fully saturated rings. The number of aliphatic imine (C=N–C) groups is 2. The Morgan fingerprint density at radius 1 is 0.727 bits per heavy atom. The molecule has 0 saturated carbocycles. The fraction of sp³-hybridized carbons (Fsp3) is 0.234. The molecule has 289 valence electrons. The Kier molecular flexibility index (Phi) is 16.4. The number of aliphatic hydroxyl groups is 1. The topological polar surface area (TPSA) is 80.5 Å². The zero-order chi connectivity index (χ0) is 37.2. The van der Waals surface area contributed by atoms with Crippen LogP contribution in [-0.4, -0.2) is 54.1 Å². The normalized spacial score (nSPS) is 17.3. The molecule has 0 aromatic heterocycles. The smallest absolute Gasteiger partial charge is 0.211 e. The largest absolute Gasteiger partial charge is 0.561 e. The van der Waals surface area contributed by atoms with E-state index in [1.54, 1.807) is 6.92 Å². The first kappa shape index (κ1) is 43.2. The summed E-state index contributed by atoms with van der Waals surface area (Å²) in [5, 5.41) is 8.50. The van der Waals surface area contributed by atoms with E-state index < -0.39 is 6.10 Å². The van der Waals surface area contributed by atoms with Crippen molar-refractivity contribution in [2.45, 2.75) is 52.3 Å². The van der Waals surface area contributed by atoms with Gasteiger partial charge in [0.1, 0.15) is 18.4 Å². The number of ketones is 1. The van der Waals surface area contributed by atoms with Gasteiger partial charge in [0.2, 0.25) is 5.90 Å². The molecule has 0 spiro atoms. The van der Waals surface area contributed by atoms with Crippen LogP contribution in [0.4, 0.5) is 0 Å². The van der Waals surface area contributed by atoms with Gasteiger partial charge in [0.25, 0.3) is 0 Å². The standard InChI is InChI=1S/C28H20.C14H16N2O2.C5H10O2.Co.Pd/c1-5-13-21(14-6-1)25-26(22-15-7-2-8-16-22)28(24-19-11-4-12-20-24)27(25)23-17-9-3-10-18-23;1-9(2)11-7-18-14(15-11)12-8-17-13(16-12)10-5-3-4-6-10;1-4(6)3-5(2)7;;/h1-20H;3-5,9,11-12H,7-8H2,1-2H3;4,6H,3H2,1-2H3;;/q;-2;;;/t;11-,12?;;;/m.1.../s1. The van der Waals surface area contributed by atoms with Crippen LogP contribution < -0.4 is 0 Å². The molecule has 3 atom stereocenters. The van der Waals surface area contributed by atoms with Gasteiger partial charge in [-0.05, 0) is 64.3 Å². The SMILES string of the molecule is CC(=O)CC(C)O.CC(C)[C@H]1COC(C2COC(c3[c-]cc[cH-]3)=N2)=N1.[Co].[Pd].c1ccc(C2=C(c3ccccc3)C(c3ccccc3)=C2c2ccccc2)cc1. The minimum absolute atomic E-state index is 0. The van der Waals surface area contributed by atoms with Gasteiger partial charge in [-0.2, -0.15) is 0 Å². The zero-order valence-corrected chi connectivity index (χ0v) is 34.0. The van der Waals surface area contributed by atoms with Crippen LogP contribution in [0.2, 0.25) is 0 Å². The summed E-state index contributed by atoms with van der Waals surface area (Å²) in [5.74, 6) is 1.89. The molecule has 8 rings (SSSR count). The molecule has 1 aliphatic carbocycles. The van der Waals surface area contributed by atoms with Crippen LogP contribution in [0, 0.1) is 12.0 Å². The van der Waals surface area contributed by atoms with E-state index in [9.17, 15) is 4.79 Å². The van der Waals surface area contributed by atoms with Gasteiger partial charge < -0.3 is 19.6 Å². The molecule has 0 amide bonds. The van der Waals surface area contributed by atoms with Gasteiger partial charge in [0, 0.05) is 49.5 Å². The van der Waals surface area contributed by atoms with E-state index in [1.165, 1.54) is 51.5 Å². The van der Waals surface area contributed by atoms with Gasteiger partial charge in [-0.25, -0.2) is 10.6 Å². The monoisotopic (exact) mass is 867 g/mol. The van der Waals surface area contributed by atoms with Crippen LogP contribution in [0.1, 0.15) is 61.9 Å². The first-order valence-electron chi connectivity index (χ1n) is 18.2. The minimum Gasteiger partial charge on any atom is -0.561 e. The number of carbonyl (C=O) groups is 1. The molecule has 5 aromatic carbocycles. The second-order valence-corrected chi connectivity index (χ2v) is 13.7. The second kappa shape index (κ2) is 20.9. The number of allylic oxidation sites excluding steroid dienone is 4. The molecule has 0 bridgehead atoms. The summed E-state index contributed by atoms with van der Waals surface area (Å²) in [7, 11) is 0. The Morgan fingerprint density at radius 3 is 1.47 bits per heavy atom. The number of hydrogen-bond donors (Lipinski definition) is 1. The van der Waals surface area contributed by atoms with Gasteiger partial charge in [0.05, 0.1) is 18.8 Å². The molecule has 0 saturated heterocycles. The first-order valence-corrected chi connectivity index (χ1v) is 18.2. The average Bonchev–Trinajstić information content (AvgIpc) is 3.96. The summed E-state index contributed by atoms with van der Waals surface area (Å²) < 4.78 is 11.2. The maximum Gasteiger partial charge on any atom is 0.211 e. The Hall–Kier alpha value is -4.55. The summed E-state index contributed by atoms with van der Waals surface area (Å²) in [6.07, 6.45) is -0.197. The molecule has 2 unspecified atom stereocenters. The molecule has 1 radical (unpaired) electrons. The van der Waals surface area contributed by atoms with Crippen molar-refractivity contribution in [2.24, 2.45) is 15.9 Å². The van der Waals surface area contributed by atoms with Gasteiger partial charge in [-0.3, -0.25) is 29.1 Å². The van der Waals surface area contributed by atoms with E-state index in [2.05, 4.69) is 151 Å². The second-order valence-electron chi connectivity index (χ2n) is 13.7. The van der Waals surface area contributed by atoms with E-state index in [1.807, 2.05) is 18.2 Å². The molecule has 55 heavy (non-hydrogen) atoms. The maximum atomic E-state index is 10.1. The molecule has 2 heterocycles. The third-order valence-electron chi connectivity index (χ3n) is 9.06. The average molecular weight is 868 g/mol. The summed E-state index contributed by atoms with van der Waals surface area (Å²) >= 11 is 0. The van der Waals surface area contributed by atoms with Crippen LogP contribution in [0.15, 0.2) is 150 Å². The Balaban J connectivity index is 0.000000215. The number of hydrogen-bond acceptors (Lipinski definition) is 6. The van der Waals surface area contributed by atoms with E-state index in [4.69, 9.17) is 14.6 Å². The van der Waals surface area contributed by atoms with E-state index in [-0.39, 0.29) is 61.5 Å². The number of rotatable bonds is 9. The molecule has 6 nitrogen and oxygen atoms in total. The van der Waals surface area contributed by atoms with E-state index in [0.717, 1.165) is 11.5 Å². The quantitative estimate of drug-likeness (QED) is 0.118. The number of carbonyl (C=O) groups excluding carboxylic acids is 1. The number of ether oxygens (including phenoxy) is 2. The third-order valence-corrected chi connectivity index (χ3v) is 9.06. The van der Waals surface area contributed by atoms with Crippen molar-refractivity contribution >= 4 is 39.9 Å². The summed E-state index contributed by atoms with van der Waals surface area (Å²) in [6.45, 7) is 8.54. The van der Waals surface area contributed by atoms with E-state index >= 15 is 0 Å². The van der Waals surface area contributed by atoms with Crippen molar-refractivity contribution < 1.29 is 56.6 Å². The molecular weight excluding hydrogens is 822 g/mol. The predicted molar refractivity (Wildman–Crippen MR) is 216 cm³/mol. The van der Waals surface area contributed by atoms with Crippen LogP contribution in [0.5, 0.6) is 0 Å². The third kappa shape index (κ3) is 11.0. The number of nitrogens with zero attached hydrogens (tertiary/aromatic N) is 2. The molecule has 2 aliphatic heterocycles. The molecule has 3 aliphatic rings. The Labute approximate surface area is 349 Å². The van der Waals surface area contributed by atoms with Crippen molar-refractivity contribution in [3.05, 3.63) is 173 Å². The number of aliphatic hydroxyl groups excluding tert-OH is 1. The Morgan fingerprint density at radius 2 is 1.16 bits per heavy atom. The van der Waals surface area contributed by atoms with Gasteiger partial charge in [-0.15, -0.1) is 0 Å². The number of Topliss-reactive ketones (excluding diaryl/α,β-unsaturated/α-hetero) is 1. The van der Waals surface area contributed by atoms with Crippen LogP contribution >= 0.6 is 0 Å². The zero-order valence-electron chi connectivity index (χ0n) is 31.4. The van der Waals surface area contributed by atoms with Crippen molar-refractivity contribution in [3.63, 3.8) is 0 Å².